The molecular formula is C18H24N2O. The van der Waals surface area contributed by atoms with Gasteiger partial charge in [-0.25, -0.2) is 0 Å². The quantitative estimate of drug-likeness (QED) is 0.934. The summed E-state index contributed by atoms with van der Waals surface area (Å²) in [5.74, 6) is 0.614. The maximum Gasteiger partial charge on any atom is 0.0652 e. The first kappa shape index (κ1) is 14.3. The normalized spacial score (nSPS) is 25.9. The lowest BCUT2D eigenvalue weighted by Crippen LogP contribution is -2.34. The van der Waals surface area contributed by atoms with E-state index in [1.165, 1.54) is 11.3 Å². The van der Waals surface area contributed by atoms with Crippen molar-refractivity contribution >= 4 is 0 Å². The second-order valence-electron chi connectivity index (χ2n) is 6.36. The highest BCUT2D eigenvalue weighted by Gasteiger charge is 2.33. The van der Waals surface area contributed by atoms with Crippen LogP contribution in [0.5, 0.6) is 0 Å². The van der Waals surface area contributed by atoms with Gasteiger partial charge in [-0.3, -0.25) is 4.68 Å². The third kappa shape index (κ3) is 3.35. The van der Waals surface area contributed by atoms with Gasteiger partial charge in [-0.1, -0.05) is 30.3 Å². The molecule has 1 aromatic carbocycles. The second-order valence-corrected chi connectivity index (χ2v) is 6.36. The molecule has 0 aliphatic heterocycles. The molecule has 1 aliphatic carbocycles. The van der Waals surface area contributed by atoms with Crippen LogP contribution in [0.25, 0.3) is 0 Å². The lowest BCUT2D eigenvalue weighted by molar-refractivity contribution is -0.00851. The molecule has 1 fully saturated rings. The van der Waals surface area contributed by atoms with Crippen LogP contribution in [0.4, 0.5) is 0 Å². The summed E-state index contributed by atoms with van der Waals surface area (Å²) in [6, 6.07) is 12.8. The van der Waals surface area contributed by atoms with Crippen molar-refractivity contribution in [2.75, 3.05) is 0 Å². The molecule has 112 valence electrons. The average molecular weight is 284 g/mol. The van der Waals surface area contributed by atoms with Gasteiger partial charge in [0, 0.05) is 18.9 Å². The molecule has 0 bridgehead atoms. The first-order valence-corrected chi connectivity index (χ1v) is 7.90. The van der Waals surface area contributed by atoms with E-state index in [4.69, 9.17) is 0 Å². The van der Waals surface area contributed by atoms with Crippen molar-refractivity contribution in [2.24, 2.45) is 7.05 Å². The van der Waals surface area contributed by atoms with Crippen LogP contribution in [-0.4, -0.2) is 20.5 Å². The first-order valence-electron chi connectivity index (χ1n) is 7.90. The summed E-state index contributed by atoms with van der Waals surface area (Å²) in [6.07, 6.45) is 7.56. The van der Waals surface area contributed by atoms with Crippen molar-refractivity contribution in [3.63, 3.8) is 0 Å². The number of benzene rings is 1. The summed E-state index contributed by atoms with van der Waals surface area (Å²) in [5.41, 5.74) is 2.13. The highest BCUT2D eigenvalue weighted by atomic mass is 16.3. The van der Waals surface area contributed by atoms with Crippen LogP contribution in [0.3, 0.4) is 0 Å². The van der Waals surface area contributed by atoms with Gasteiger partial charge in [-0.05, 0) is 56.1 Å². The highest BCUT2D eigenvalue weighted by Crippen LogP contribution is 2.39. The van der Waals surface area contributed by atoms with Gasteiger partial charge >= 0.3 is 0 Å². The Balaban J connectivity index is 1.56. The SMILES string of the molecule is Cn1nccc1CCC1(O)CCC(c2ccccc2)CC1. The van der Waals surface area contributed by atoms with Crippen molar-refractivity contribution < 1.29 is 5.11 Å². The predicted octanol–water partition coefficient (Wildman–Crippen LogP) is 3.44. The van der Waals surface area contributed by atoms with E-state index in [9.17, 15) is 5.11 Å². The van der Waals surface area contributed by atoms with Gasteiger partial charge in [0.2, 0.25) is 0 Å². The zero-order valence-electron chi connectivity index (χ0n) is 12.7. The molecule has 1 N–H and O–H groups in total. The maximum absolute atomic E-state index is 10.8. The summed E-state index contributed by atoms with van der Waals surface area (Å²) in [4.78, 5) is 0. The molecule has 1 aromatic heterocycles. The molecule has 1 saturated carbocycles. The lowest BCUT2D eigenvalue weighted by Gasteiger charge is -2.36. The molecule has 3 nitrogen and oxygen atoms in total. The topological polar surface area (TPSA) is 38.0 Å². The number of hydrogen-bond acceptors (Lipinski definition) is 2. The molecule has 1 heterocycles. The summed E-state index contributed by atoms with van der Waals surface area (Å²) in [6.45, 7) is 0. The van der Waals surface area contributed by atoms with Crippen LogP contribution in [-0.2, 0) is 13.5 Å². The van der Waals surface area contributed by atoms with Gasteiger partial charge in [-0.15, -0.1) is 0 Å². The summed E-state index contributed by atoms with van der Waals surface area (Å²) in [7, 11) is 1.96. The van der Waals surface area contributed by atoms with Gasteiger partial charge < -0.3 is 5.11 Å². The smallest absolute Gasteiger partial charge is 0.0652 e. The van der Waals surface area contributed by atoms with Crippen molar-refractivity contribution in [3.05, 3.63) is 53.9 Å². The van der Waals surface area contributed by atoms with Crippen molar-refractivity contribution in [2.45, 2.75) is 50.0 Å². The molecule has 3 rings (SSSR count). The van der Waals surface area contributed by atoms with E-state index in [1.807, 2.05) is 24.0 Å². The summed E-state index contributed by atoms with van der Waals surface area (Å²) >= 11 is 0. The zero-order chi connectivity index (χ0) is 14.7. The molecule has 0 atom stereocenters. The van der Waals surface area contributed by atoms with Crippen LogP contribution in [0.2, 0.25) is 0 Å². The zero-order valence-corrected chi connectivity index (χ0v) is 12.7. The largest absolute Gasteiger partial charge is 0.390 e. The van der Waals surface area contributed by atoms with Gasteiger partial charge in [0.1, 0.15) is 0 Å². The van der Waals surface area contributed by atoms with Crippen LogP contribution in [0.15, 0.2) is 42.6 Å². The highest BCUT2D eigenvalue weighted by molar-refractivity contribution is 5.20. The molecule has 0 radical (unpaired) electrons. The van der Waals surface area contributed by atoms with Crippen LogP contribution >= 0.6 is 0 Å². The van der Waals surface area contributed by atoms with E-state index in [-0.39, 0.29) is 0 Å². The number of rotatable bonds is 4. The van der Waals surface area contributed by atoms with Crippen LogP contribution in [0, 0.1) is 0 Å². The number of aliphatic hydroxyl groups is 1. The van der Waals surface area contributed by atoms with Crippen molar-refractivity contribution in [1.29, 1.82) is 0 Å². The summed E-state index contributed by atoms with van der Waals surface area (Å²) in [5, 5.41) is 15.0. The van der Waals surface area contributed by atoms with Crippen molar-refractivity contribution in [1.82, 2.24) is 9.78 Å². The Kier molecular flexibility index (Phi) is 4.11. The summed E-state index contributed by atoms with van der Waals surface area (Å²) < 4.78 is 1.90. The fourth-order valence-corrected chi connectivity index (χ4v) is 3.47. The first-order chi connectivity index (χ1) is 10.2. The van der Waals surface area contributed by atoms with E-state index in [2.05, 4.69) is 35.4 Å². The van der Waals surface area contributed by atoms with Gasteiger partial charge in [-0.2, -0.15) is 5.10 Å². The molecule has 0 spiro atoms. The fraction of sp³-hybridized carbons (Fsp3) is 0.500. The predicted molar refractivity (Wildman–Crippen MR) is 84.1 cm³/mol. The Labute approximate surface area is 126 Å². The fourth-order valence-electron chi connectivity index (χ4n) is 3.47. The van der Waals surface area contributed by atoms with Crippen LogP contribution < -0.4 is 0 Å². The van der Waals surface area contributed by atoms with E-state index >= 15 is 0 Å². The number of nitrogens with zero attached hydrogens (tertiary/aromatic N) is 2. The van der Waals surface area contributed by atoms with Crippen LogP contribution in [0.1, 0.15) is 49.3 Å². The number of aryl methyl sites for hydroxylation is 2. The Bertz CT molecular complexity index is 568. The molecule has 0 amide bonds. The molecule has 21 heavy (non-hydrogen) atoms. The molecule has 0 saturated heterocycles. The number of aromatic nitrogens is 2. The minimum Gasteiger partial charge on any atom is -0.390 e. The van der Waals surface area contributed by atoms with E-state index in [1.54, 1.807) is 0 Å². The molecule has 0 unspecified atom stereocenters. The lowest BCUT2D eigenvalue weighted by atomic mass is 9.74. The van der Waals surface area contributed by atoms with E-state index in [0.29, 0.717) is 5.92 Å². The Morgan fingerprint density at radius 3 is 2.52 bits per heavy atom. The Hall–Kier alpha value is -1.61. The van der Waals surface area contributed by atoms with Gasteiger partial charge in [0.25, 0.3) is 0 Å². The monoisotopic (exact) mass is 284 g/mol. The van der Waals surface area contributed by atoms with E-state index in [0.717, 1.165) is 38.5 Å². The maximum atomic E-state index is 10.8. The second kappa shape index (κ2) is 6.02. The molecule has 2 aromatic rings. The Morgan fingerprint density at radius 1 is 1.19 bits per heavy atom. The third-order valence-electron chi connectivity index (χ3n) is 4.96. The minimum atomic E-state index is -0.491. The third-order valence-corrected chi connectivity index (χ3v) is 4.96. The Morgan fingerprint density at radius 2 is 1.90 bits per heavy atom. The van der Waals surface area contributed by atoms with Crippen molar-refractivity contribution in [3.8, 4) is 0 Å². The van der Waals surface area contributed by atoms with Gasteiger partial charge in [0.15, 0.2) is 0 Å². The average Bonchev–Trinajstić information content (AvgIpc) is 2.92. The molecular weight excluding hydrogens is 260 g/mol. The molecule has 3 heteroatoms. The van der Waals surface area contributed by atoms with Gasteiger partial charge in [0.05, 0.1) is 5.60 Å². The number of hydrogen-bond donors (Lipinski definition) is 1. The molecule has 1 aliphatic rings. The van der Waals surface area contributed by atoms with E-state index < -0.39 is 5.60 Å². The standard InChI is InChI=1S/C18H24N2O/c1-20-17(10-14-19-20)9-13-18(21)11-7-16(8-12-18)15-5-3-2-4-6-15/h2-6,10,14,16,21H,7-9,11-13H2,1H3. The minimum absolute atomic E-state index is 0.491.